The number of nitrogens with one attached hydrogen (secondary N) is 1. The van der Waals surface area contributed by atoms with Crippen LogP contribution in [0.1, 0.15) is 18.3 Å². The Balaban J connectivity index is 2.45. The molecule has 1 aromatic heterocycles. The maximum atomic E-state index is 4.03. The number of tetrazole rings is 1. The average molecular weight is 217 g/mol. The van der Waals surface area contributed by atoms with Crippen molar-refractivity contribution >= 4 is 0 Å². The fourth-order valence-electron chi connectivity index (χ4n) is 1.68. The first-order valence-electron chi connectivity index (χ1n) is 5.37. The molecule has 84 valence electrons. The highest BCUT2D eigenvalue weighted by Crippen LogP contribution is 2.14. The van der Waals surface area contributed by atoms with Gasteiger partial charge in [0.1, 0.15) is 0 Å². The number of rotatable bonds is 4. The fourth-order valence-corrected chi connectivity index (χ4v) is 1.68. The van der Waals surface area contributed by atoms with Crippen LogP contribution in [0.25, 0.3) is 5.69 Å². The monoisotopic (exact) mass is 217 g/mol. The van der Waals surface area contributed by atoms with Crippen LogP contribution in [-0.4, -0.2) is 27.3 Å². The van der Waals surface area contributed by atoms with Crippen LogP contribution in [-0.2, 0) is 13.0 Å². The summed E-state index contributed by atoms with van der Waals surface area (Å²) in [6, 6.07) is 8.16. The lowest BCUT2D eigenvalue weighted by molar-refractivity contribution is 0.705. The summed E-state index contributed by atoms with van der Waals surface area (Å²) in [6.45, 7) is 2.78. The molecule has 1 heterocycles. The van der Waals surface area contributed by atoms with Crippen molar-refractivity contribution in [2.45, 2.75) is 19.9 Å². The van der Waals surface area contributed by atoms with Crippen molar-refractivity contribution in [2.75, 3.05) is 7.05 Å². The van der Waals surface area contributed by atoms with Gasteiger partial charge in [-0.3, -0.25) is 0 Å². The summed E-state index contributed by atoms with van der Waals surface area (Å²) in [5, 5.41) is 14.8. The minimum absolute atomic E-state index is 0.658. The van der Waals surface area contributed by atoms with Crippen molar-refractivity contribution in [3.05, 3.63) is 35.7 Å². The van der Waals surface area contributed by atoms with Gasteiger partial charge in [-0.1, -0.05) is 25.1 Å². The molecule has 0 fully saturated rings. The van der Waals surface area contributed by atoms with Crippen molar-refractivity contribution in [3.8, 4) is 5.69 Å². The van der Waals surface area contributed by atoms with Crippen LogP contribution in [0.4, 0.5) is 0 Å². The number of hydrogen-bond donors (Lipinski definition) is 1. The Bertz CT molecular complexity index is 463. The summed E-state index contributed by atoms with van der Waals surface area (Å²) >= 11 is 0. The van der Waals surface area contributed by atoms with Gasteiger partial charge in [-0.05, 0) is 35.5 Å². The van der Waals surface area contributed by atoms with Gasteiger partial charge in [-0.2, -0.15) is 4.68 Å². The molecular formula is C11H15N5. The van der Waals surface area contributed by atoms with Crippen LogP contribution in [0.15, 0.2) is 24.3 Å². The summed E-state index contributed by atoms with van der Waals surface area (Å²) in [7, 11) is 1.88. The molecule has 0 saturated carbocycles. The third-order valence-electron chi connectivity index (χ3n) is 2.47. The van der Waals surface area contributed by atoms with Crippen molar-refractivity contribution in [1.29, 1.82) is 0 Å². The van der Waals surface area contributed by atoms with Crippen LogP contribution < -0.4 is 5.32 Å². The zero-order valence-electron chi connectivity index (χ0n) is 9.51. The molecule has 0 aliphatic carbocycles. The number of para-hydroxylation sites is 1. The van der Waals surface area contributed by atoms with Crippen LogP contribution in [0.5, 0.6) is 0 Å². The van der Waals surface area contributed by atoms with Gasteiger partial charge >= 0.3 is 0 Å². The standard InChI is InChI=1S/C11H15N5/c1-3-9-6-4-5-7-10(9)16-11(8-12-2)13-14-15-16/h4-7,12H,3,8H2,1-2H3. The van der Waals surface area contributed by atoms with Gasteiger partial charge in [-0.15, -0.1) is 5.10 Å². The molecule has 2 aromatic rings. The molecule has 5 nitrogen and oxygen atoms in total. The summed E-state index contributed by atoms with van der Waals surface area (Å²) in [5.41, 5.74) is 2.30. The van der Waals surface area contributed by atoms with E-state index in [-0.39, 0.29) is 0 Å². The van der Waals surface area contributed by atoms with Gasteiger partial charge in [0.2, 0.25) is 0 Å². The molecule has 0 atom stereocenters. The SMILES string of the molecule is CCc1ccccc1-n1nnnc1CNC. The van der Waals surface area contributed by atoms with E-state index in [1.165, 1.54) is 5.56 Å². The van der Waals surface area contributed by atoms with Gasteiger partial charge in [0.25, 0.3) is 0 Å². The van der Waals surface area contributed by atoms with Crippen molar-refractivity contribution in [2.24, 2.45) is 0 Å². The van der Waals surface area contributed by atoms with Gasteiger partial charge in [0, 0.05) is 0 Å². The number of benzene rings is 1. The van der Waals surface area contributed by atoms with E-state index >= 15 is 0 Å². The van der Waals surface area contributed by atoms with Crippen LogP contribution in [0.3, 0.4) is 0 Å². The molecular weight excluding hydrogens is 202 g/mol. The molecule has 0 spiro atoms. The minimum Gasteiger partial charge on any atom is -0.313 e. The summed E-state index contributed by atoms with van der Waals surface area (Å²) in [5.74, 6) is 0.823. The van der Waals surface area contributed by atoms with E-state index in [1.54, 1.807) is 4.68 Å². The molecule has 2 rings (SSSR count). The van der Waals surface area contributed by atoms with E-state index in [9.17, 15) is 0 Å². The Hall–Kier alpha value is -1.75. The van der Waals surface area contributed by atoms with E-state index < -0.39 is 0 Å². The van der Waals surface area contributed by atoms with Gasteiger partial charge in [-0.25, -0.2) is 0 Å². The summed E-state index contributed by atoms with van der Waals surface area (Å²) in [4.78, 5) is 0. The molecule has 0 bridgehead atoms. The molecule has 0 amide bonds. The molecule has 0 aliphatic rings. The Kier molecular flexibility index (Phi) is 3.26. The predicted octanol–water partition coefficient (Wildman–Crippen LogP) is 0.944. The predicted molar refractivity (Wildman–Crippen MR) is 61.3 cm³/mol. The Morgan fingerprint density at radius 2 is 2.12 bits per heavy atom. The van der Waals surface area contributed by atoms with E-state index in [1.807, 2.05) is 25.2 Å². The lowest BCUT2D eigenvalue weighted by Gasteiger charge is -2.08. The average Bonchev–Trinajstić information content (AvgIpc) is 2.77. The Labute approximate surface area is 94.5 Å². The zero-order chi connectivity index (χ0) is 11.4. The molecule has 1 aromatic carbocycles. The normalized spacial score (nSPS) is 10.6. The molecule has 16 heavy (non-hydrogen) atoms. The van der Waals surface area contributed by atoms with Crippen LogP contribution >= 0.6 is 0 Å². The minimum atomic E-state index is 0.658. The first kappa shape index (κ1) is 10.8. The van der Waals surface area contributed by atoms with Crippen LogP contribution in [0, 0.1) is 0 Å². The third-order valence-corrected chi connectivity index (χ3v) is 2.47. The quantitative estimate of drug-likeness (QED) is 0.828. The Morgan fingerprint density at radius 3 is 2.88 bits per heavy atom. The highest BCUT2D eigenvalue weighted by molar-refractivity contribution is 5.40. The van der Waals surface area contributed by atoms with E-state index in [2.05, 4.69) is 33.8 Å². The number of hydrogen-bond acceptors (Lipinski definition) is 4. The smallest absolute Gasteiger partial charge is 0.170 e. The second-order valence-corrected chi connectivity index (χ2v) is 3.52. The first-order chi connectivity index (χ1) is 7.86. The van der Waals surface area contributed by atoms with Gasteiger partial charge < -0.3 is 5.32 Å². The third kappa shape index (κ3) is 1.94. The molecule has 0 unspecified atom stereocenters. The fraction of sp³-hybridized carbons (Fsp3) is 0.364. The summed E-state index contributed by atoms with van der Waals surface area (Å²) < 4.78 is 1.79. The van der Waals surface area contributed by atoms with Crippen molar-refractivity contribution in [1.82, 2.24) is 25.5 Å². The van der Waals surface area contributed by atoms with Crippen molar-refractivity contribution < 1.29 is 0 Å². The van der Waals surface area contributed by atoms with Crippen molar-refractivity contribution in [3.63, 3.8) is 0 Å². The molecule has 0 radical (unpaired) electrons. The zero-order valence-corrected chi connectivity index (χ0v) is 9.51. The number of nitrogens with zero attached hydrogens (tertiary/aromatic N) is 4. The topological polar surface area (TPSA) is 55.6 Å². The highest BCUT2D eigenvalue weighted by Gasteiger charge is 2.09. The maximum absolute atomic E-state index is 4.03. The first-order valence-corrected chi connectivity index (χ1v) is 5.37. The molecule has 0 saturated heterocycles. The van der Waals surface area contributed by atoms with E-state index in [0.29, 0.717) is 6.54 Å². The largest absolute Gasteiger partial charge is 0.313 e. The number of aromatic nitrogens is 4. The van der Waals surface area contributed by atoms with E-state index in [4.69, 9.17) is 0 Å². The highest BCUT2D eigenvalue weighted by atomic mass is 15.5. The molecule has 1 N–H and O–H groups in total. The second-order valence-electron chi connectivity index (χ2n) is 3.52. The molecule has 5 heteroatoms. The van der Waals surface area contributed by atoms with Gasteiger partial charge in [0.05, 0.1) is 12.2 Å². The van der Waals surface area contributed by atoms with Gasteiger partial charge in [0.15, 0.2) is 5.82 Å². The lowest BCUT2D eigenvalue weighted by atomic mass is 10.1. The molecule has 0 aliphatic heterocycles. The number of aryl methyl sites for hydroxylation is 1. The lowest BCUT2D eigenvalue weighted by Crippen LogP contribution is -2.13. The summed E-state index contributed by atoms with van der Waals surface area (Å²) in [6.07, 6.45) is 0.967. The second kappa shape index (κ2) is 4.85. The van der Waals surface area contributed by atoms with E-state index in [0.717, 1.165) is 17.9 Å². The van der Waals surface area contributed by atoms with Crippen LogP contribution in [0.2, 0.25) is 0 Å². The maximum Gasteiger partial charge on any atom is 0.170 e. The Morgan fingerprint density at radius 1 is 1.31 bits per heavy atom.